The van der Waals surface area contributed by atoms with Gasteiger partial charge in [-0.25, -0.2) is 0 Å². The largest absolute Gasteiger partial charge is 0.306 e. The summed E-state index contributed by atoms with van der Waals surface area (Å²) < 4.78 is 3.92. The van der Waals surface area contributed by atoms with Gasteiger partial charge in [0.25, 0.3) is 0 Å². The Morgan fingerprint density at radius 1 is 1.12 bits per heavy atom. The Morgan fingerprint density at radius 3 is 2.88 bits per heavy atom. The van der Waals surface area contributed by atoms with E-state index in [1.807, 2.05) is 0 Å². The molecule has 0 aromatic carbocycles. The minimum absolute atomic E-state index is 0.801. The van der Waals surface area contributed by atoms with Crippen molar-refractivity contribution < 1.29 is 0 Å². The highest BCUT2D eigenvalue weighted by atomic mass is 79.9. The van der Waals surface area contributed by atoms with Gasteiger partial charge in [0.05, 0.1) is 0 Å². The van der Waals surface area contributed by atoms with Crippen LogP contribution in [0.4, 0.5) is 0 Å². The summed E-state index contributed by atoms with van der Waals surface area (Å²) >= 11 is 6.37. The molecule has 1 aliphatic heterocycles. The van der Waals surface area contributed by atoms with Crippen molar-refractivity contribution in [2.75, 3.05) is 0 Å². The normalized spacial score (nSPS) is 15.6. The number of rotatable bonds is 2. The van der Waals surface area contributed by atoms with E-state index in [1.54, 1.807) is 11.8 Å². The molecule has 90 valence electrons. The smallest absolute Gasteiger partial charge is 0.198 e. The molecule has 0 fully saturated rings. The van der Waals surface area contributed by atoms with Crippen LogP contribution in [0.1, 0.15) is 25.1 Å². The van der Waals surface area contributed by atoms with Crippen molar-refractivity contribution in [3.8, 4) is 0 Å². The van der Waals surface area contributed by atoms with E-state index in [1.165, 1.54) is 30.6 Å². The second-order valence-corrected chi connectivity index (χ2v) is 7.25. The van der Waals surface area contributed by atoms with E-state index in [9.17, 15) is 0 Å². The van der Waals surface area contributed by atoms with E-state index in [4.69, 9.17) is 0 Å². The van der Waals surface area contributed by atoms with Gasteiger partial charge in [-0.15, -0.1) is 20.4 Å². The maximum absolute atomic E-state index is 4.26. The molecule has 3 heterocycles. The van der Waals surface area contributed by atoms with Gasteiger partial charge < -0.3 is 4.57 Å². The summed E-state index contributed by atoms with van der Waals surface area (Å²) in [5, 5.41) is 17.4. The lowest BCUT2D eigenvalue weighted by atomic mass is 10.2. The highest BCUT2D eigenvalue weighted by Crippen LogP contribution is 2.31. The third-order valence-corrected chi connectivity index (χ3v) is 5.03. The molecule has 0 amide bonds. The molecule has 1 aliphatic rings. The fraction of sp³-hybridized carbons (Fsp3) is 0.556. The van der Waals surface area contributed by atoms with Gasteiger partial charge in [0.2, 0.25) is 0 Å². The first-order chi connectivity index (χ1) is 8.33. The van der Waals surface area contributed by atoms with Crippen LogP contribution in [0.25, 0.3) is 0 Å². The van der Waals surface area contributed by atoms with Crippen molar-refractivity contribution in [2.24, 2.45) is 0 Å². The summed E-state index contributed by atoms with van der Waals surface area (Å²) in [6, 6.07) is 0. The number of halogens is 1. The van der Waals surface area contributed by atoms with Crippen LogP contribution in [0.3, 0.4) is 0 Å². The highest BCUT2D eigenvalue weighted by molar-refractivity contribution is 9.11. The highest BCUT2D eigenvalue weighted by Gasteiger charge is 2.16. The van der Waals surface area contributed by atoms with Crippen LogP contribution in [0.15, 0.2) is 13.4 Å². The van der Waals surface area contributed by atoms with E-state index < -0.39 is 0 Å². The Morgan fingerprint density at radius 2 is 2.06 bits per heavy atom. The van der Waals surface area contributed by atoms with E-state index in [0.29, 0.717) is 0 Å². The van der Waals surface area contributed by atoms with Gasteiger partial charge in [0.1, 0.15) is 5.82 Å². The summed E-state index contributed by atoms with van der Waals surface area (Å²) in [5.41, 5.74) is 0. The monoisotopic (exact) mass is 331 g/mol. The number of nitrogens with zero attached hydrogens (tertiary/aromatic N) is 5. The van der Waals surface area contributed by atoms with Crippen molar-refractivity contribution in [3.05, 3.63) is 9.74 Å². The summed E-state index contributed by atoms with van der Waals surface area (Å²) in [7, 11) is 0. The maximum Gasteiger partial charge on any atom is 0.198 e. The molecule has 0 spiro atoms. The molecule has 0 radical (unpaired) electrons. The van der Waals surface area contributed by atoms with Crippen molar-refractivity contribution >= 4 is 39.0 Å². The van der Waals surface area contributed by atoms with Crippen LogP contribution in [-0.4, -0.2) is 25.0 Å². The Balaban J connectivity index is 1.86. The molecule has 0 aliphatic carbocycles. The lowest BCUT2D eigenvalue weighted by Crippen LogP contribution is -2.01. The van der Waals surface area contributed by atoms with Crippen LogP contribution in [0, 0.1) is 0 Å². The number of hydrogen-bond donors (Lipinski definition) is 0. The third kappa shape index (κ3) is 2.53. The Kier molecular flexibility index (Phi) is 3.44. The van der Waals surface area contributed by atoms with E-state index in [0.717, 1.165) is 32.2 Å². The molecule has 0 saturated heterocycles. The molecule has 5 nitrogen and oxygen atoms in total. The molecule has 0 unspecified atom stereocenters. The quantitative estimate of drug-likeness (QED) is 0.846. The Labute approximate surface area is 115 Å². The molecule has 8 heteroatoms. The number of aromatic nitrogens is 5. The first kappa shape index (κ1) is 11.6. The molecule has 17 heavy (non-hydrogen) atoms. The van der Waals surface area contributed by atoms with E-state index in [-0.39, 0.29) is 0 Å². The van der Waals surface area contributed by atoms with Gasteiger partial charge in [-0.05, 0) is 40.5 Å². The van der Waals surface area contributed by atoms with Gasteiger partial charge in [0, 0.05) is 13.0 Å². The molecular formula is C9H10BrN5S2. The fourth-order valence-electron chi connectivity index (χ4n) is 1.85. The maximum atomic E-state index is 4.26. The third-order valence-electron chi connectivity index (χ3n) is 2.64. The predicted molar refractivity (Wildman–Crippen MR) is 69.3 cm³/mol. The van der Waals surface area contributed by atoms with Gasteiger partial charge >= 0.3 is 0 Å². The SMILES string of the molecule is Brc1nnc(Sc2nnc3n2CCCCC3)s1. The van der Waals surface area contributed by atoms with Gasteiger partial charge in [0.15, 0.2) is 13.4 Å². The average molecular weight is 332 g/mol. The summed E-state index contributed by atoms with van der Waals surface area (Å²) in [4.78, 5) is 0. The minimum atomic E-state index is 0.801. The molecular weight excluding hydrogens is 322 g/mol. The molecule has 0 bridgehead atoms. The van der Waals surface area contributed by atoms with Crippen molar-refractivity contribution in [1.82, 2.24) is 25.0 Å². The second kappa shape index (κ2) is 5.03. The van der Waals surface area contributed by atoms with E-state index in [2.05, 4.69) is 40.9 Å². The zero-order valence-corrected chi connectivity index (χ0v) is 12.2. The van der Waals surface area contributed by atoms with Gasteiger partial charge in [-0.3, -0.25) is 0 Å². The zero-order valence-electron chi connectivity index (χ0n) is 8.97. The molecule has 0 N–H and O–H groups in total. The topological polar surface area (TPSA) is 56.5 Å². The van der Waals surface area contributed by atoms with Crippen molar-refractivity contribution in [2.45, 2.75) is 41.7 Å². The summed E-state index contributed by atoms with van der Waals surface area (Å²) in [6.45, 7) is 1.02. The molecule has 0 atom stereocenters. The lowest BCUT2D eigenvalue weighted by Gasteiger charge is -2.03. The summed E-state index contributed by atoms with van der Waals surface area (Å²) in [5.74, 6) is 1.11. The van der Waals surface area contributed by atoms with Crippen LogP contribution >= 0.6 is 39.0 Å². The van der Waals surface area contributed by atoms with Crippen LogP contribution in [0.2, 0.25) is 0 Å². The molecule has 0 saturated carbocycles. The molecule has 2 aromatic rings. The minimum Gasteiger partial charge on any atom is -0.306 e. The first-order valence-corrected chi connectivity index (χ1v) is 7.84. The van der Waals surface area contributed by atoms with E-state index >= 15 is 0 Å². The fourth-order valence-corrected chi connectivity index (χ4v) is 4.27. The number of aryl methyl sites for hydroxylation is 1. The van der Waals surface area contributed by atoms with Crippen LogP contribution < -0.4 is 0 Å². The molecule has 2 aromatic heterocycles. The number of fused-ring (bicyclic) bond motifs is 1. The second-order valence-electron chi connectivity index (χ2n) is 3.78. The standard InChI is InChI=1S/C9H10BrN5S2/c10-7-12-14-9(16-7)17-8-13-11-6-4-2-1-3-5-15(6)8/h1-5H2. The van der Waals surface area contributed by atoms with Gasteiger partial charge in [-0.1, -0.05) is 17.8 Å². The van der Waals surface area contributed by atoms with Crippen molar-refractivity contribution in [1.29, 1.82) is 0 Å². The number of hydrogen-bond acceptors (Lipinski definition) is 6. The zero-order chi connectivity index (χ0) is 11.7. The van der Waals surface area contributed by atoms with Gasteiger partial charge in [-0.2, -0.15) is 0 Å². The Hall–Kier alpha value is -0.470. The average Bonchev–Trinajstić information content (AvgIpc) is 2.80. The lowest BCUT2D eigenvalue weighted by molar-refractivity contribution is 0.591. The Bertz CT molecular complexity index is 523. The first-order valence-electron chi connectivity index (χ1n) is 5.42. The van der Waals surface area contributed by atoms with Crippen molar-refractivity contribution in [3.63, 3.8) is 0 Å². The predicted octanol–water partition coefficient (Wildman–Crippen LogP) is 2.77. The molecule has 3 rings (SSSR count). The summed E-state index contributed by atoms with van der Waals surface area (Å²) in [6.07, 6.45) is 4.73. The van der Waals surface area contributed by atoms with Crippen LogP contribution in [-0.2, 0) is 13.0 Å². The van der Waals surface area contributed by atoms with Crippen LogP contribution in [0.5, 0.6) is 0 Å².